The van der Waals surface area contributed by atoms with E-state index >= 15 is 0 Å². The van der Waals surface area contributed by atoms with Crippen LogP contribution in [0.25, 0.3) is 0 Å². The molecule has 1 aromatic rings. The van der Waals surface area contributed by atoms with Gasteiger partial charge in [-0.3, -0.25) is 9.59 Å². The number of carbonyl (C=O) groups is 2. The molecule has 0 radical (unpaired) electrons. The zero-order chi connectivity index (χ0) is 19.3. The molecule has 4 nitrogen and oxygen atoms in total. The van der Waals surface area contributed by atoms with Crippen LogP contribution in [0.2, 0.25) is 0 Å². The summed E-state index contributed by atoms with van der Waals surface area (Å²) in [5, 5.41) is 6.20. The highest BCUT2D eigenvalue weighted by atomic mass is 16.2. The van der Waals surface area contributed by atoms with Gasteiger partial charge in [-0.1, -0.05) is 29.8 Å². The number of amides is 2. The number of rotatable bonds is 6. The van der Waals surface area contributed by atoms with Crippen molar-refractivity contribution in [3.63, 3.8) is 0 Å². The summed E-state index contributed by atoms with van der Waals surface area (Å²) in [4.78, 5) is 25.7. The number of nitrogens with one attached hydrogen (secondary N) is 2. The van der Waals surface area contributed by atoms with Crippen molar-refractivity contribution in [2.75, 3.05) is 6.54 Å². The highest BCUT2D eigenvalue weighted by Crippen LogP contribution is 2.60. The molecule has 6 rings (SSSR count). The number of hydrogen-bond acceptors (Lipinski definition) is 2. The Morgan fingerprint density at radius 2 is 1.57 bits per heavy atom. The lowest BCUT2D eigenvalue weighted by atomic mass is 9.49. The molecule has 1 aromatic carbocycles. The van der Waals surface area contributed by atoms with Gasteiger partial charge in [0.1, 0.15) is 0 Å². The Morgan fingerprint density at radius 3 is 2.11 bits per heavy atom. The van der Waals surface area contributed by atoms with Crippen molar-refractivity contribution in [3.8, 4) is 0 Å². The minimum atomic E-state index is -0.179. The second-order valence-electron chi connectivity index (χ2n) is 10.2. The fraction of sp³-hybridized carbons (Fsp3) is 0.667. The number of benzene rings is 1. The molecule has 0 aliphatic heterocycles. The molecule has 150 valence electrons. The molecule has 4 bridgehead atoms. The van der Waals surface area contributed by atoms with Crippen molar-refractivity contribution in [1.82, 2.24) is 10.6 Å². The molecule has 2 amide bonds. The third-order valence-electron chi connectivity index (χ3n) is 7.78. The van der Waals surface area contributed by atoms with Crippen LogP contribution in [0.1, 0.15) is 68.5 Å². The molecular weight excluding hydrogens is 348 g/mol. The van der Waals surface area contributed by atoms with Crippen molar-refractivity contribution in [2.45, 2.75) is 64.3 Å². The predicted octanol–water partition coefficient (Wildman–Crippen LogP) is 3.89. The van der Waals surface area contributed by atoms with Gasteiger partial charge in [-0.05, 0) is 87.5 Å². The number of carbonyl (C=O) groups excluding carboxylic acids is 2. The van der Waals surface area contributed by atoms with Crippen LogP contribution >= 0.6 is 0 Å². The maximum atomic E-state index is 13.0. The van der Waals surface area contributed by atoms with E-state index in [9.17, 15) is 9.59 Å². The van der Waals surface area contributed by atoms with E-state index in [0.717, 1.165) is 37.0 Å². The Hall–Kier alpha value is -1.84. The van der Waals surface area contributed by atoms with Crippen LogP contribution in [0.4, 0.5) is 0 Å². The van der Waals surface area contributed by atoms with E-state index in [1.54, 1.807) is 0 Å². The second kappa shape index (κ2) is 6.89. The molecule has 0 spiro atoms. The van der Waals surface area contributed by atoms with Gasteiger partial charge in [0.15, 0.2) is 0 Å². The maximum Gasteiger partial charge on any atom is 0.239 e. The monoisotopic (exact) mass is 380 g/mol. The van der Waals surface area contributed by atoms with Crippen molar-refractivity contribution < 1.29 is 9.59 Å². The summed E-state index contributed by atoms with van der Waals surface area (Å²) in [6.45, 7) is 2.18. The van der Waals surface area contributed by atoms with E-state index < -0.39 is 0 Å². The summed E-state index contributed by atoms with van der Waals surface area (Å²) >= 11 is 0. The van der Waals surface area contributed by atoms with Gasteiger partial charge in [0.2, 0.25) is 11.8 Å². The molecule has 5 aliphatic carbocycles. The maximum absolute atomic E-state index is 13.0. The molecule has 2 N–H and O–H groups in total. The summed E-state index contributed by atoms with van der Waals surface area (Å²) in [7, 11) is 0. The molecule has 5 fully saturated rings. The van der Waals surface area contributed by atoms with Crippen LogP contribution in [-0.4, -0.2) is 18.4 Å². The molecular formula is C24H32N2O2. The minimum absolute atomic E-state index is 0.0597. The lowest BCUT2D eigenvalue weighted by Crippen LogP contribution is -2.54. The lowest BCUT2D eigenvalue weighted by molar-refractivity contribution is -0.147. The van der Waals surface area contributed by atoms with Gasteiger partial charge in [-0.25, -0.2) is 0 Å². The van der Waals surface area contributed by atoms with Crippen molar-refractivity contribution in [1.29, 1.82) is 0 Å². The molecule has 4 heteroatoms. The van der Waals surface area contributed by atoms with E-state index in [1.807, 2.05) is 0 Å². The Kier molecular flexibility index (Phi) is 4.48. The van der Waals surface area contributed by atoms with Gasteiger partial charge < -0.3 is 10.6 Å². The SMILES string of the molecule is Cc1ccc(C(NC(=O)CNC(=O)C23CC4CC(CC(C4)C2)C3)C2CC2)cc1. The second-order valence-corrected chi connectivity index (χ2v) is 10.2. The summed E-state index contributed by atoms with van der Waals surface area (Å²) in [5.74, 6) is 2.84. The van der Waals surface area contributed by atoms with Gasteiger partial charge in [-0.15, -0.1) is 0 Å². The fourth-order valence-electron chi connectivity index (χ4n) is 6.64. The summed E-state index contributed by atoms with van der Waals surface area (Å²) in [6.07, 6.45) is 9.43. The first kappa shape index (κ1) is 18.2. The first-order valence-electron chi connectivity index (χ1n) is 11.1. The van der Waals surface area contributed by atoms with E-state index in [4.69, 9.17) is 0 Å². The number of aryl methyl sites for hydroxylation is 1. The van der Waals surface area contributed by atoms with Crippen LogP contribution in [0.15, 0.2) is 24.3 Å². The third-order valence-corrected chi connectivity index (χ3v) is 7.78. The molecule has 0 aromatic heterocycles. The largest absolute Gasteiger partial charge is 0.347 e. The summed E-state index contributed by atoms with van der Waals surface area (Å²) in [6, 6.07) is 8.51. The molecule has 5 aliphatic rings. The Balaban J connectivity index is 1.19. The number of hydrogen-bond donors (Lipinski definition) is 2. The van der Waals surface area contributed by atoms with Crippen LogP contribution in [0.5, 0.6) is 0 Å². The lowest BCUT2D eigenvalue weighted by Gasteiger charge is -2.55. The van der Waals surface area contributed by atoms with Crippen molar-refractivity contribution in [3.05, 3.63) is 35.4 Å². The summed E-state index contributed by atoms with van der Waals surface area (Å²) in [5.41, 5.74) is 2.23. The van der Waals surface area contributed by atoms with E-state index in [2.05, 4.69) is 41.8 Å². The molecule has 1 unspecified atom stereocenters. The van der Waals surface area contributed by atoms with Crippen molar-refractivity contribution in [2.24, 2.45) is 29.1 Å². The Bertz CT molecular complexity index is 730. The fourth-order valence-corrected chi connectivity index (χ4v) is 6.64. The predicted molar refractivity (Wildman–Crippen MR) is 108 cm³/mol. The molecule has 28 heavy (non-hydrogen) atoms. The smallest absolute Gasteiger partial charge is 0.239 e. The zero-order valence-electron chi connectivity index (χ0n) is 16.9. The average Bonchev–Trinajstić information content (AvgIpc) is 3.49. The van der Waals surface area contributed by atoms with E-state index in [1.165, 1.54) is 43.2 Å². The van der Waals surface area contributed by atoms with Crippen LogP contribution in [0.3, 0.4) is 0 Å². The molecule has 1 atom stereocenters. The highest BCUT2D eigenvalue weighted by Gasteiger charge is 2.54. The van der Waals surface area contributed by atoms with Gasteiger partial charge in [-0.2, -0.15) is 0 Å². The molecule has 0 saturated heterocycles. The van der Waals surface area contributed by atoms with Gasteiger partial charge in [0, 0.05) is 5.41 Å². The van der Waals surface area contributed by atoms with Gasteiger partial charge >= 0.3 is 0 Å². The van der Waals surface area contributed by atoms with Crippen molar-refractivity contribution >= 4 is 11.8 Å². The first-order chi connectivity index (χ1) is 13.5. The minimum Gasteiger partial charge on any atom is -0.347 e. The normalized spacial score (nSPS) is 34.1. The van der Waals surface area contributed by atoms with Gasteiger partial charge in [0.25, 0.3) is 0 Å². The quantitative estimate of drug-likeness (QED) is 0.786. The topological polar surface area (TPSA) is 58.2 Å². The van der Waals surface area contributed by atoms with Crippen LogP contribution < -0.4 is 10.6 Å². The first-order valence-corrected chi connectivity index (χ1v) is 11.1. The Labute approximate surface area is 167 Å². The zero-order valence-corrected chi connectivity index (χ0v) is 16.9. The average molecular weight is 381 g/mol. The van der Waals surface area contributed by atoms with E-state index in [-0.39, 0.29) is 29.8 Å². The standard InChI is InChI=1S/C24H32N2O2/c1-15-2-4-19(5-3-15)22(20-6-7-20)26-21(27)14-25-23(28)24-11-16-8-17(12-24)10-18(9-16)13-24/h2-5,16-18,20,22H,6-14H2,1H3,(H,25,28)(H,26,27). The van der Waals surface area contributed by atoms with Crippen LogP contribution in [0, 0.1) is 36.0 Å². The van der Waals surface area contributed by atoms with E-state index in [0.29, 0.717) is 5.92 Å². The Morgan fingerprint density at radius 1 is 1.00 bits per heavy atom. The van der Waals surface area contributed by atoms with Gasteiger partial charge in [0.05, 0.1) is 12.6 Å². The molecule has 5 saturated carbocycles. The summed E-state index contributed by atoms with van der Waals surface area (Å²) < 4.78 is 0. The molecule has 0 heterocycles. The third kappa shape index (κ3) is 3.46. The van der Waals surface area contributed by atoms with Crippen LogP contribution in [-0.2, 0) is 9.59 Å². The highest BCUT2D eigenvalue weighted by molar-refractivity contribution is 5.88.